The molecule has 0 bridgehead atoms. The van der Waals surface area contributed by atoms with Crippen LogP contribution >= 0.6 is 11.3 Å². The van der Waals surface area contributed by atoms with E-state index in [4.69, 9.17) is 9.47 Å². The number of thiazole rings is 1. The first kappa shape index (κ1) is 23.4. The standard InChI is InChI=1S/C24H29N3O5S/c1-4-32-18-8-6-5-7-17(18)20-19(21(28)23-15(2)25-16(3)33-23)22(29)24(30)27(20)10-9-26-11-13-31-14-12-26/h5-8,20,29H,4,9-14H2,1-3H3. The van der Waals surface area contributed by atoms with Crippen LogP contribution in [0.25, 0.3) is 0 Å². The van der Waals surface area contributed by atoms with Crippen LogP contribution in [-0.4, -0.2) is 77.6 Å². The highest BCUT2D eigenvalue weighted by molar-refractivity contribution is 7.14. The van der Waals surface area contributed by atoms with Crippen molar-refractivity contribution in [3.63, 3.8) is 0 Å². The lowest BCUT2D eigenvalue weighted by molar-refractivity contribution is -0.129. The first-order valence-corrected chi connectivity index (χ1v) is 12.0. The van der Waals surface area contributed by atoms with E-state index in [9.17, 15) is 14.7 Å². The van der Waals surface area contributed by atoms with Gasteiger partial charge in [0.2, 0.25) is 5.78 Å². The highest BCUT2D eigenvalue weighted by atomic mass is 32.1. The molecule has 0 saturated carbocycles. The van der Waals surface area contributed by atoms with E-state index in [-0.39, 0.29) is 11.4 Å². The maximum absolute atomic E-state index is 13.6. The molecule has 1 aromatic carbocycles. The Kier molecular flexibility index (Phi) is 7.11. The number of rotatable bonds is 8. The second-order valence-corrected chi connectivity index (χ2v) is 9.27. The fourth-order valence-corrected chi connectivity index (χ4v) is 5.25. The summed E-state index contributed by atoms with van der Waals surface area (Å²) in [6.45, 7) is 9.79. The first-order chi connectivity index (χ1) is 15.9. The quantitative estimate of drug-likeness (QED) is 0.592. The summed E-state index contributed by atoms with van der Waals surface area (Å²) in [5.74, 6) is -0.814. The molecule has 8 nitrogen and oxygen atoms in total. The van der Waals surface area contributed by atoms with Crippen molar-refractivity contribution < 1.29 is 24.2 Å². The molecule has 0 aliphatic carbocycles. The largest absolute Gasteiger partial charge is 0.503 e. The zero-order valence-corrected chi connectivity index (χ0v) is 20.0. The maximum Gasteiger partial charge on any atom is 0.290 e. The number of morpholine rings is 1. The van der Waals surface area contributed by atoms with Gasteiger partial charge < -0.3 is 19.5 Å². The van der Waals surface area contributed by atoms with Crippen LogP contribution in [0.2, 0.25) is 0 Å². The number of benzene rings is 1. The Balaban J connectivity index is 1.74. The molecule has 0 radical (unpaired) electrons. The summed E-state index contributed by atoms with van der Waals surface area (Å²) in [7, 11) is 0. The van der Waals surface area contributed by atoms with E-state index in [1.807, 2.05) is 38.1 Å². The van der Waals surface area contributed by atoms with Crippen LogP contribution in [0, 0.1) is 13.8 Å². The number of ether oxygens (including phenoxy) is 2. The number of hydrogen-bond donors (Lipinski definition) is 1. The molecular weight excluding hydrogens is 442 g/mol. The first-order valence-electron chi connectivity index (χ1n) is 11.2. The average Bonchev–Trinajstić information content (AvgIpc) is 3.28. The van der Waals surface area contributed by atoms with Crippen LogP contribution in [0.4, 0.5) is 0 Å². The Hall–Kier alpha value is -2.75. The third kappa shape index (κ3) is 4.66. The normalized spacial score (nSPS) is 19.4. The van der Waals surface area contributed by atoms with Crippen molar-refractivity contribution in [3.05, 3.63) is 56.7 Å². The van der Waals surface area contributed by atoms with Gasteiger partial charge in [-0.15, -0.1) is 11.3 Å². The van der Waals surface area contributed by atoms with Gasteiger partial charge in [-0.3, -0.25) is 14.5 Å². The van der Waals surface area contributed by atoms with Gasteiger partial charge in [0.1, 0.15) is 5.75 Å². The van der Waals surface area contributed by atoms with Crippen LogP contribution in [-0.2, 0) is 9.53 Å². The van der Waals surface area contributed by atoms with Gasteiger partial charge in [-0.05, 0) is 26.8 Å². The maximum atomic E-state index is 13.6. The summed E-state index contributed by atoms with van der Waals surface area (Å²) in [5.41, 5.74) is 1.36. The molecule has 1 aromatic heterocycles. The number of ketones is 1. The second-order valence-electron chi connectivity index (χ2n) is 8.06. The predicted molar refractivity (Wildman–Crippen MR) is 125 cm³/mol. The molecule has 0 spiro atoms. The molecule has 9 heteroatoms. The summed E-state index contributed by atoms with van der Waals surface area (Å²) in [5, 5.41) is 11.7. The van der Waals surface area contributed by atoms with Crippen LogP contribution < -0.4 is 4.74 Å². The van der Waals surface area contributed by atoms with Crippen molar-refractivity contribution in [2.24, 2.45) is 0 Å². The van der Waals surface area contributed by atoms with E-state index in [0.717, 1.165) is 18.1 Å². The molecule has 1 N–H and O–H groups in total. The molecule has 33 heavy (non-hydrogen) atoms. The van der Waals surface area contributed by atoms with E-state index in [1.54, 1.807) is 11.8 Å². The van der Waals surface area contributed by atoms with Gasteiger partial charge in [0.05, 0.1) is 47.0 Å². The Bertz CT molecular complexity index is 1070. The summed E-state index contributed by atoms with van der Waals surface area (Å²) < 4.78 is 11.3. The smallest absolute Gasteiger partial charge is 0.290 e. The third-order valence-electron chi connectivity index (χ3n) is 5.93. The van der Waals surface area contributed by atoms with E-state index in [0.29, 0.717) is 54.8 Å². The summed E-state index contributed by atoms with van der Waals surface area (Å²) >= 11 is 1.27. The van der Waals surface area contributed by atoms with Crippen LogP contribution in [0.3, 0.4) is 0 Å². The number of aliphatic hydroxyl groups is 1. The van der Waals surface area contributed by atoms with E-state index in [1.165, 1.54) is 11.3 Å². The summed E-state index contributed by atoms with van der Waals surface area (Å²) in [6, 6.07) is 6.63. The van der Waals surface area contributed by atoms with Gasteiger partial charge in [0.15, 0.2) is 5.76 Å². The number of para-hydroxylation sites is 1. The van der Waals surface area contributed by atoms with Crippen molar-refractivity contribution >= 4 is 23.0 Å². The van der Waals surface area contributed by atoms with Crippen molar-refractivity contribution in [1.82, 2.24) is 14.8 Å². The highest BCUT2D eigenvalue weighted by Crippen LogP contribution is 2.43. The number of aliphatic hydroxyl groups excluding tert-OH is 1. The number of aryl methyl sites for hydroxylation is 2. The molecule has 1 amide bonds. The number of carbonyl (C=O) groups excluding carboxylic acids is 2. The van der Waals surface area contributed by atoms with Crippen molar-refractivity contribution in [2.75, 3.05) is 46.0 Å². The number of hydrogen-bond acceptors (Lipinski definition) is 8. The lowest BCUT2D eigenvalue weighted by atomic mass is 9.94. The van der Waals surface area contributed by atoms with Gasteiger partial charge in [-0.25, -0.2) is 4.98 Å². The Morgan fingerprint density at radius 3 is 2.64 bits per heavy atom. The number of nitrogens with zero attached hydrogens (tertiary/aromatic N) is 3. The van der Waals surface area contributed by atoms with E-state index < -0.39 is 17.7 Å². The number of Topliss-reactive ketones (excluding diaryl/α,β-unsaturated/α-hetero) is 1. The number of amides is 1. The Labute approximate surface area is 197 Å². The minimum Gasteiger partial charge on any atom is -0.503 e. The fraction of sp³-hybridized carbons (Fsp3) is 0.458. The van der Waals surface area contributed by atoms with Gasteiger partial charge in [-0.1, -0.05) is 18.2 Å². The molecule has 2 aromatic rings. The Morgan fingerprint density at radius 2 is 1.97 bits per heavy atom. The highest BCUT2D eigenvalue weighted by Gasteiger charge is 2.45. The molecule has 1 fully saturated rings. The predicted octanol–water partition coefficient (Wildman–Crippen LogP) is 3.07. The lowest BCUT2D eigenvalue weighted by Gasteiger charge is -2.32. The topological polar surface area (TPSA) is 92.2 Å². The number of carbonyl (C=O) groups is 2. The van der Waals surface area contributed by atoms with Crippen LogP contribution in [0.15, 0.2) is 35.6 Å². The molecule has 2 aliphatic heterocycles. The van der Waals surface area contributed by atoms with E-state index >= 15 is 0 Å². The minimum absolute atomic E-state index is 0.0841. The van der Waals surface area contributed by atoms with Crippen LogP contribution in [0.5, 0.6) is 5.75 Å². The fourth-order valence-electron chi connectivity index (χ4n) is 4.37. The molecule has 2 aliphatic rings. The summed E-state index contributed by atoms with van der Waals surface area (Å²) in [4.78, 5) is 35.5. The molecular formula is C24H29N3O5S. The third-order valence-corrected chi connectivity index (χ3v) is 7.00. The zero-order valence-electron chi connectivity index (χ0n) is 19.2. The van der Waals surface area contributed by atoms with Gasteiger partial charge in [0, 0.05) is 31.7 Å². The van der Waals surface area contributed by atoms with Gasteiger partial charge >= 0.3 is 0 Å². The average molecular weight is 472 g/mol. The van der Waals surface area contributed by atoms with Crippen molar-refractivity contribution in [3.8, 4) is 5.75 Å². The van der Waals surface area contributed by atoms with Crippen molar-refractivity contribution in [1.29, 1.82) is 0 Å². The lowest BCUT2D eigenvalue weighted by Crippen LogP contribution is -2.43. The minimum atomic E-state index is -0.740. The monoisotopic (exact) mass is 471 g/mol. The SMILES string of the molecule is CCOc1ccccc1C1C(C(=O)c2sc(C)nc2C)=C(O)C(=O)N1CCN1CCOCC1. The molecule has 1 unspecified atom stereocenters. The molecule has 1 saturated heterocycles. The number of aromatic nitrogens is 1. The van der Waals surface area contributed by atoms with Crippen LogP contribution in [0.1, 0.15) is 38.9 Å². The molecule has 176 valence electrons. The summed E-state index contributed by atoms with van der Waals surface area (Å²) in [6.07, 6.45) is 0. The zero-order chi connectivity index (χ0) is 23.5. The van der Waals surface area contributed by atoms with Crippen molar-refractivity contribution in [2.45, 2.75) is 26.8 Å². The molecule has 1 atom stereocenters. The second kappa shape index (κ2) is 10.0. The van der Waals surface area contributed by atoms with Gasteiger partial charge in [0.25, 0.3) is 5.91 Å². The van der Waals surface area contributed by atoms with Gasteiger partial charge in [-0.2, -0.15) is 0 Å². The van der Waals surface area contributed by atoms with E-state index in [2.05, 4.69) is 9.88 Å². The Morgan fingerprint density at radius 1 is 1.24 bits per heavy atom. The molecule has 4 rings (SSSR count). The molecule has 3 heterocycles.